The number of hydrogen-bond acceptors (Lipinski definition) is 2. The van der Waals surface area contributed by atoms with E-state index in [1.165, 1.54) is 6.92 Å². The summed E-state index contributed by atoms with van der Waals surface area (Å²) in [5, 5.41) is 14.1. The first-order valence-electron chi connectivity index (χ1n) is 1.22. The second-order valence-electron chi connectivity index (χ2n) is 0.737. The van der Waals surface area contributed by atoms with Gasteiger partial charge in [0.2, 0.25) is 0 Å². The fourth-order valence-electron chi connectivity index (χ4n) is 0. The van der Waals surface area contributed by atoms with Crippen LogP contribution in [0.15, 0.2) is 0 Å². The van der Waals surface area contributed by atoms with E-state index in [-0.39, 0.29) is 5.71 Å². The summed E-state index contributed by atoms with van der Waals surface area (Å²) in [6.45, 7) is 1.44. The Morgan fingerprint density at radius 2 is 2.20 bits per heavy atom. The lowest BCUT2D eigenvalue weighted by Gasteiger charge is -1.59. The summed E-state index contributed by atoms with van der Waals surface area (Å²) in [6.07, 6.45) is 0. The van der Waals surface area contributed by atoms with E-state index in [2.05, 4.69) is 0 Å². The van der Waals surface area contributed by atoms with Crippen LogP contribution in [-0.2, 0) is 0 Å². The maximum Gasteiger partial charge on any atom is 0.114 e. The predicted molar refractivity (Wildman–Crippen MR) is 19.0 cm³/mol. The van der Waals surface area contributed by atoms with Gasteiger partial charge < -0.3 is 0 Å². The molecule has 0 aromatic carbocycles. The zero-order valence-corrected chi connectivity index (χ0v) is 2.95. The van der Waals surface area contributed by atoms with Gasteiger partial charge in [-0.25, -0.2) is 0 Å². The van der Waals surface area contributed by atoms with Crippen molar-refractivity contribution in [3.63, 3.8) is 0 Å². The van der Waals surface area contributed by atoms with Gasteiger partial charge in [-0.05, 0) is 6.92 Å². The Kier molecular flexibility index (Phi) is 1.23. The molecule has 0 rings (SSSR count). The number of rotatable bonds is 0. The number of nitrogens with zero attached hydrogens (tertiary/aromatic N) is 1. The minimum Gasteiger partial charge on any atom is -0.294 e. The summed E-state index contributed by atoms with van der Waals surface area (Å²) in [6, 6.07) is 1.61. The molecule has 0 unspecified atom stereocenters. The van der Waals surface area contributed by atoms with Crippen LogP contribution >= 0.6 is 0 Å². The van der Waals surface area contributed by atoms with Gasteiger partial charge in [-0.15, -0.1) is 0 Å². The monoisotopic (exact) mass is 68.0 g/mol. The largest absolute Gasteiger partial charge is 0.294 e. The maximum absolute atomic E-state index is 7.67. The van der Waals surface area contributed by atoms with Gasteiger partial charge in [0.05, 0.1) is 0 Å². The van der Waals surface area contributed by atoms with E-state index in [1.54, 1.807) is 6.07 Å². The van der Waals surface area contributed by atoms with Crippen LogP contribution in [0.1, 0.15) is 6.92 Å². The molecule has 1 N–H and O–H groups in total. The van der Waals surface area contributed by atoms with Gasteiger partial charge in [-0.2, -0.15) is 5.26 Å². The highest BCUT2D eigenvalue weighted by Gasteiger charge is 1.68. The van der Waals surface area contributed by atoms with Crippen molar-refractivity contribution in [2.24, 2.45) is 0 Å². The van der Waals surface area contributed by atoms with Gasteiger partial charge in [0, 0.05) is 0 Å². The fraction of sp³-hybridized carbons (Fsp3) is 0.333. The lowest BCUT2D eigenvalue weighted by Crippen LogP contribution is -1.73. The van der Waals surface area contributed by atoms with E-state index in [1.807, 2.05) is 0 Å². The van der Waals surface area contributed by atoms with E-state index < -0.39 is 0 Å². The molecule has 0 aliphatic carbocycles. The molecule has 0 amide bonds. The summed E-state index contributed by atoms with van der Waals surface area (Å²) in [7, 11) is 0. The molecule has 0 saturated heterocycles. The van der Waals surface area contributed by atoms with E-state index in [4.69, 9.17) is 10.7 Å². The fourth-order valence-corrected chi connectivity index (χ4v) is 0. The third-order valence-electron chi connectivity index (χ3n) is 0.168. The molecule has 0 fully saturated rings. The van der Waals surface area contributed by atoms with Gasteiger partial charge in [-0.3, -0.25) is 5.41 Å². The molecule has 0 aromatic heterocycles. The van der Waals surface area contributed by atoms with E-state index in [0.717, 1.165) is 0 Å². The Morgan fingerprint density at radius 1 is 2.00 bits per heavy atom. The van der Waals surface area contributed by atoms with Crippen LogP contribution in [-0.4, -0.2) is 5.71 Å². The van der Waals surface area contributed by atoms with E-state index in [9.17, 15) is 0 Å². The molecule has 2 heteroatoms. The number of nitriles is 1. The summed E-state index contributed by atoms with van der Waals surface area (Å²) in [5.41, 5.74) is 0.0602. The Hall–Kier alpha value is -0.840. The molecule has 26 valence electrons. The second kappa shape index (κ2) is 1.48. The minimum absolute atomic E-state index is 0.0602. The Morgan fingerprint density at radius 3 is 2.20 bits per heavy atom. The molecule has 0 heterocycles. The van der Waals surface area contributed by atoms with Crippen molar-refractivity contribution in [1.82, 2.24) is 0 Å². The van der Waals surface area contributed by atoms with Crippen LogP contribution in [0.25, 0.3) is 0 Å². The SMILES string of the molecule is CC(=N)C#N. The third-order valence-corrected chi connectivity index (χ3v) is 0.168. The van der Waals surface area contributed by atoms with Gasteiger partial charge >= 0.3 is 0 Å². The molecule has 0 bridgehead atoms. The average molecular weight is 68.1 g/mol. The lowest BCUT2D eigenvalue weighted by molar-refractivity contribution is 1.46. The molecule has 0 aromatic rings. The minimum atomic E-state index is 0.0602. The van der Waals surface area contributed by atoms with Crippen molar-refractivity contribution in [3.8, 4) is 6.07 Å². The predicted octanol–water partition coefficient (Wildman–Crippen LogP) is 0.550. The van der Waals surface area contributed by atoms with E-state index in [0.29, 0.717) is 0 Å². The molecule has 0 radical (unpaired) electrons. The smallest absolute Gasteiger partial charge is 0.114 e. The molecule has 0 atom stereocenters. The first-order valence-corrected chi connectivity index (χ1v) is 1.22. The molecule has 5 heavy (non-hydrogen) atoms. The average Bonchev–Trinajstić information content (AvgIpc) is 1.38. The number of hydrogen-bond donors (Lipinski definition) is 1. The van der Waals surface area contributed by atoms with Crippen molar-refractivity contribution in [1.29, 1.82) is 10.7 Å². The Labute approximate surface area is 30.5 Å². The standard InChI is InChI=1S/C3H4N2/c1-3(5)2-4/h5H,1H3. The highest BCUT2D eigenvalue weighted by Crippen LogP contribution is 1.54. The van der Waals surface area contributed by atoms with Crippen molar-refractivity contribution in [2.75, 3.05) is 0 Å². The number of nitrogens with one attached hydrogen (secondary N) is 1. The van der Waals surface area contributed by atoms with E-state index >= 15 is 0 Å². The summed E-state index contributed by atoms with van der Waals surface area (Å²) in [5.74, 6) is 0. The summed E-state index contributed by atoms with van der Waals surface area (Å²) >= 11 is 0. The molecule has 0 aliphatic rings. The zero-order valence-electron chi connectivity index (χ0n) is 2.95. The van der Waals surface area contributed by atoms with Crippen LogP contribution in [0.5, 0.6) is 0 Å². The first-order chi connectivity index (χ1) is 2.27. The summed E-state index contributed by atoms with van der Waals surface area (Å²) < 4.78 is 0. The quantitative estimate of drug-likeness (QED) is 0.414. The molecule has 0 aliphatic heterocycles. The highest BCUT2D eigenvalue weighted by atomic mass is 14.4. The van der Waals surface area contributed by atoms with Crippen LogP contribution in [0.2, 0.25) is 0 Å². The molecule has 2 nitrogen and oxygen atoms in total. The zero-order chi connectivity index (χ0) is 4.28. The van der Waals surface area contributed by atoms with Crippen molar-refractivity contribution in [3.05, 3.63) is 0 Å². The van der Waals surface area contributed by atoms with Gasteiger partial charge in [0.25, 0.3) is 0 Å². The molecule has 0 spiro atoms. The van der Waals surface area contributed by atoms with Gasteiger partial charge in [0.15, 0.2) is 0 Å². The Bertz CT molecular complexity index is 77.4. The molecular formula is C3H4N2. The lowest BCUT2D eigenvalue weighted by atomic mass is 10.5. The van der Waals surface area contributed by atoms with Crippen LogP contribution in [0.3, 0.4) is 0 Å². The summed E-state index contributed by atoms with van der Waals surface area (Å²) in [4.78, 5) is 0. The van der Waals surface area contributed by atoms with Crippen LogP contribution < -0.4 is 0 Å². The maximum atomic E-state index is 7.67. The highest BCUT2D eigenvalue weighted by molar-refractivity contribution is 5.93. The normalized spacial score (nSPS) is 5.60. The third kappa shape index (κ3) is 3.16. The van der Waals surface area contributed by atoms with Gasteiger partial charge in [0.1, 0.15) is 11.8 Å². The van der Waals surface area contributed by atoms with Gasteiger partial charge in [-0.1, -0.05) is 0 Å². The van der Waals surface area contributed by atoms with Crippen molar-refractivity contribution in [2.45, 2.75) is 6.92 Å². The van der Waals surface area contributed by atoms with Crippen molar-refractivity contribution < 1.29 is 0 Å². The topological polar surface area (TPSA) is 47.6 Å². The van der Waals surface area contributed by atoms with Crippen LogP contribution in [0.4, 0.5) is 0 Å². The van der Waals surface area contributed by atoms with Crippen molar-refractivity contribution >= 4 is 5.71 Å². The Balaban J connectivity index is 3.35. The van der Waals surface area contributed by atoms with Crippen LogP contribution in [0, 0.1) is 16.7 Å². The first kappa shape index (κ1) is 4.16. The molecular weight excluding hydrogens is 64.0 g/mol. The molecule has 0 saturated carbocycles. The second-order valence-corrected chi connectivity index (χ2v) is 0.737.